The molecule has 0 spiro atoms. The summed E-state index contributed by atoms with van der Waals surface area (Å²) in [4.78, 5) is 12.2. The molecule has 1 heterocycles. The van der Waals surface area contributed by atoms with E-state index in [4.69, 9.17) is 9.16 Å². The number of carbonyl (C=O) groups is 1. The molecule has 0 amide bonds. The highest BCUT2D eigenvalue weighted by atomic mass is 28.4. The van der Waals surface area contributed by atoms with Crippen molar-refractivity contribution in [1.29, 1.82) is 0 Å². The van der Waals surface area contributed by atoms with Gasteiger partial charge < -0.3 is 9.16 Å². The Balaban J connectivity index is 2.66. The minimum absolute atomic E-state index is 0.195. The van der Waals surface area contributed by atoms with Crippen molar-refractivity contribution in [3.8, 4) is 0 Å². The van der Waals surface area contributed by atoms with Gasteiger partial charge in [-0.15, -0.1) is 0 Å². The normalized spacial score (nSPS) is 13.3. The average Bonchev–Trinajstić information content (AvgIpc) is 2.73. The van der Waals surface area contributed by atoms with Crippen molar-refractivity contribution in [3.63, 3.8) is 0 Å². The zero-order valence-corrected chi connectivity index (χ0v) is 16.3. The number of hydrogen-bond donors (Lipinski definition) is 0. The van der Waals surface area contributed by atoms with E-state index in [0.29, 0.717) is 13.0 Å². The third-order valence-corrected chi connectivity index (χ3v) is 8.59. The molecule has 0 N–H and O–H groups in total. The Kier molecular flexibility index (Phi) is 5.68. The molecule has 0 radical (unpaired) electrons. The maximum atomic E-state index is 12.2. The van der Waals surface area contributed by atoms with Crippen LogP contribution in [0.2, 0.25) is 18.1 Å². The Morgan fingerprint density at radius 3 is 2.27 bits per heavy atom. The van der Waals surface area contributed by atoms with Crippen molar-refractivity contribution in [2.75, 3.05) is 6.61 Å². The van der Waals surface area contributed by atoms with E-state index < -0.39 is 13.9 Å². The van der Waals surface area contributed by atoms with Gasteiger partial charge in [0.15, 0.2) is 8.32 Å². The zero-order valence-electron chi connectivity index (χ0n) is 15.3. The van der Waals surface area contributed by atoms with Crippen LogP contribution in [0, 0.1) is 0 Å². The third-order valence-electron chi connectivity index (χ3n) is 4.05. The fourth-order valence-corrected chi connectivity index (χ4v) is 2.78. The van der Waals surface area contributed by atoms with E-state index in [0.717, 1.165) is 5.69 Å². The van der Waals surface area contributed by atoms with E-state index in [9.17, 15) is 4.79 Å². The monoisotopic (exact) mass is 325 g/mol. The molecular weight excluding hydrogens is 294 g/mol. The molecular formula is C17H31NO3Si. The number of aromatic nitrogens is 1. The highest BCUT2D eigenvalue weighted by Gasteiger charge is 2.36. The van der Waals surface area contributed by atoms with Crippen molar-refractivity contribution in [3.05, 3.63) is 24.0 Å². The van der Waals surface area contributed by atoms with Gasteiger partial charge in [0.2, 0.25) is 0 Å². The SMILES string of the molecule is CC(C)(C)OC(=O)n1cccc1CCO[Si](C)(C)C(C)(C)C. The van der Waals surface area contributed by atoms with Gasteiger partial charge in [0.25, 0.3) is 0 Å². The molecule has 0 aliphatic rings. The van der Waals surface area contributed by atoms with Gasteiger partial charge in [-0.1, -0.05) is 20.8 Å². The quantitative estimate of drug-likeness (QED) is 0.744. The van der Waals surface area contributed by atoms with Crippen LogP contribution in [0.3, 0.4) is 0 Å². The fourth-order valence-electron chi connectivity index (χ4n) is 1.74. The standard InChI is InChI=1S/C17H31NO3Si/c1-16(2,3)21-15(19)18-12-9-10-14(18)11-13-20-22(7,8)17(4,5)6/h9-10,12H,11,13H2,1-8H3. The molecule has 1 aromatic heterocycles. The molecule has 0 aliphatic heterocycles. The number of hydrogen-bond acceptors (Lipinski definition) is 3. The summed E-state index contributed by atoms with van der Waals surface area (Å²) in [6.07, 6.45) is 2.12. The van der Waals surface area contributed by atoms with Gasteiger partial charge in [0.1, 0.15) is 5.60 Å². The minimum atomic E-state index is -1.75. The second-order valence-corrected chi connectivity index (χ2v) is 13.0. The summed E-state index contributed by atoms with van der Waals surface area (Å²) in [6.45, 7) is 17.4. The van der Waals surface area contributed by atoms with Crippen molar-refractivity contribution >= 4 is 14.4 Å². The Bertz CT molecular complexity index is 507. The maximum Gasteiger partial charge on any atom is 0.418 e. The fraction of sp³-hybridized carbons (Fsp3) is 0.706. The van der Waals surface area contributed by atoms with E-state index in [1.165, 1.54) is 0 Å². The Morgan fingerprint density at radius 1 is 1.18 bits per heavy atom. The van der Waals surface area contributed by atoms with E-state index in [1.54, 1.807) is 10.8 Å². The van der Waals surface area contributed by atoms with Gasteiger partial charge in [0, 0.05) is 24.9 Å². The van der Waals surface area contributed by atoms with Crippen molar-refractivity contribution in [1.82, 2.24) is 4.57 Å². The van der Waals surface area contributed by atoms with Gasteiger partial charge in [-0.2, -0.15) is 0 Å². The molecule has 0 saturated carbocycles. The first-order chi connectivity index (χ1) is 9.83. The molecule has 4 nitrogen and oxygen atoms in total. The van der Waals surface area contributed by atoms with Gasteiger partial charge in [-0.3, -0.25) is 4.57 Å². The van der Waals surface area contributed by atoms with Crippen LogP contribution in [-0.2, 0) is 15.6 Å². The summed E-state index contributed by atoms with van der Waals surface area (Å²) in [5.41, 5.74) is 0.434. The largest absolute Gasteiger partial charge is 0.443 e. The highest BCUT2D eigenvalue weighted by Crippen LogP contribution is 2.36. The predicted octanol–water partition coefficient (Wildman–Crippen LogP) is 4.84. The number of nitrogens with zero attached hydrogens (tertiary/aromatic N) is 1. The van der Waals surface area contributed by atoms with E-state index in [1.807, 2.05) is 32.9 Å². The van der Waals surface area contributed by atoms with Crippen LogP contribution in [0.4, 0.5) is 4.79 Å². The molecule has 0 aliphatic carbocycles. The lowest BCUT2D eigenvalue weighted by molar-refractivity contribution is 0.0532. The van der Waals surface area contributed by atoms with E-state index >= 15 is 0 Å². The average molecular weight is 326 g/mol. The number of ether oxygens (including phenoxy) is 1. The van der Waals surface area contributed by atoms with Crippen molar-refractivity contribution in [2.45, 2.75) is 71.7 Å². The van der Waals surface area contributed by atoms with Gasteiger partial charge in [0.05, 0.1) is 0 Å². The highest BCUT2D eigenvalue weighted by molar-refractivity contribution is 6.74. The molecule has 22 heavy (non-hydrogen) atoms. The van der Waals surface area contributed by atoms with Crippen LogP contribution in [0.5, 0.6) is 0 Å². The first-order valence-electron chi connectivity index (χ1n) is 7.87. The van der Waals surface area contributed by atoms with Gasteiger partial charge in [-0.25, -0.2) is 4.79 Å². The second kappa shape index (κ2) is 6.58. The Hall–Kier alpha value is -1.07. The molecule has 0 atom stereocenters. The molecule has 0 fully saturated rings. The zero-order chi connectivity index (χ0) is 17.2. The van der Waals surface area contributed by atoms with Crippen LogP contribution in [0.15, 0.2) is 18.3 Å². The molecule has 1 aromatic rings. The first kappa shape index (κ1) is 19.0. The van der Waals surface area contributed by atoms with Crippen LogP contribution < -0.4 is 0 Å². The minimum Gasteiger partial charge on any atom is -0.443 e. The first-order valence-corrected chi connectivity index (χ1v) is 10.8. The second-order valence-electron chi connectivity index (χ2n) is 8.21. The summed E-state index contributed by atoms with van der Waals surface area (Å²) in [7, 11) is -1.75. The number of rotatable bonds is 4. The molecule has 5 heteroatoms. The summed E-state index contributed by atoms with van der Waals surface area (Å²) in [5, 5.41) is 0.195. The molecule has 0 bridgehead atoms. The lowest BCUT2D eigenvalue weighted by Gasteiger charge is -2.36. The van der Waals surface area contributed by atoms with Gasteiger partial charge in [-0.05, 0) is 51.0 Å². The molecule has 1 rings (SSSR count). The lowest BCUT2D eigenvalue weighted by Crippen LogP contribution is -2.41. The van der Waals surface area contributed by atoms with Crippen LogP contribution in [0.1, 0.15) is 47.2 Å². The molecule has 126 valence electrons. The smallest absolute Gasteiger partial charge is 0.418 e. The van der Waals surface area contributed by atoms with Crippen LogP contribution in [0.25, 0.3) is 0 Å². The molecule has 0 saturated heterocycles. The topological polar surface area (TPSA) is 40.5 Å². The van der Waals surface area contributed by atoms with Crippen molar-refractivity contribution in [2.24, 2.45) is 0 Å². The van der Waals surface area contributed by atoms with E-state index in [2.05, 4.69) is 33.9 Å². The summed E-state index contributed by atoms with van der Waals surface area (Å²) >= 11 is 0. The maximum absolute atomic E-state index is 12.2. The summed E-state index contributed by atoms with van der Waals surface area (Å²) < 4.78 is 13.2. The number of carbonyl (C=O) groups excluding carboxylic acids is 1. The Labute approximate surface area is 135 Å². The third kappa shape index (κ3) is 5.28. The molecule has 0 unspecified atom stereocenters. The summed E-state index contributed by atoms with van der Waals surface area (Å²) in [6, 6.07) is 3.81. The summed E-state index contributed by atoms with van der Waals surface area (Å²) in [5.74, 6) is 0. The lowest BCUT2D eigenvalue weighted by atomic mass is 10.2. The van der Waals surface area contributed by atoms with Crippen LogP contribution in [-0.4, -0.2) is 31.2 Å². The van der Waals surface area contributed by atoms with Crippen molar-refractivity contribution < 1.29 is 14.0 Å². The van der Waals surface area contributed by atoms with E-state index in [-0.39, 0.29) is 11.1 Å². The van der Waals surface area contributed by atoms with Crippen LogP contribution >= 0.6 is 0 Å². The van der Waals surface area contributed by atoms with Gasteiger partial charge >= 0.3 is 6.09 Å². The predicted molar refractivity (Wildman–Crippen MR) is 92.9 cm³/mol. The molecule has 0 aromatic carbocycles. The Morgan fingerprint density at radius 2 is 1.77 bits per heavy atom.